The van der Waals surface area contributed by atoms with Gasteiger partial charge in [-0.3, -0.25) is 14.3 Å². The van der Waals surface area contributed by atoms with Crippen LogP contribution in [-0.2, 0) is 14.1 Å². The van der Waals surface area contributed by atoms with E-state index in [1.807, 2.05) is 77.4 Å². The summed E-state index contributed by atoms with van der Waals surface area (Å²) < 4.78 is 3.80. The molecule has 1 N–H and O–H groups in total. The van der Waals surface area contributed by atoms with Gasteiger partial charge in [0.25, 0.3) is 0 Å². The summed E-state index contributed by atoms with van der Waals surface area (Å²) >= 11 is 0. The SMILES string of the molecule is CC.CC.CNc1nn(C)c2ccc(C)cc12.Cc1ccnc(-c2ccc3c(c2)c(C)nn3C)c1. The highest BCUT2D eigenvalue weighted by Gasteiger charge is 2.08. The second-order valence-corrected chi connectivity index (χ2v) is 7.90. The molecule has 0 amide bonds. The highest BCUT2D eigenvalue weighted by atomic mass is 15.3. The van der Waals surface area contributed by atoms with Gasteiger partial charge in [0.05, 0.1) is 22.4 Å². The van der Waals surface area contributed by atoms with Gasteiger partial charge >= 0.3 is 0 Å². The van der Waals surface area contributed by atoms with Gasteiger partial charge in [-0.05, 0) is 62.7 Å². The first-order valence-corrected chi connectivity index (χ1v) is 12.3. The number of nitrogens with zero attached hydrogens (tertiary/aromatic N) is 5. The number of hydrogen-bond donors (Lipinski definition) is 1. The smallest absolute Gasteiger partial charge is 0.155 e. The first kappa shape index (κ1) is 27.6. The fourth-order valence-corrected chi connectivity index (χ4v) is 3.86. The summed E-state index contributed by atoms with van der Waals surface area (Å²) in [5.41, 5.74) is 8.02. The minimum atomic E-state index is 0.946. The summed E-state index contributed by atoms with van der Waals surface area (Å²) in [5, 5.41) is 14.3. The number of benzene rings is 2. The number of aryl methyl sites for hydroxylation is 5. The van der Waals surface area contributed by atoms with Crippen LogP contribution in [0.5, 0.6) is 0 Å². The van der Waals surface area contributed by atoms with E-state index in [1.165, 1.54) is 21.9 Å². The molecule has 0 aliphatic carbocycles. The number of pyridine rings is 1. The van der Waals surface area contributed by atoms with Crippen LogP contribution in [0.3, 0.4) is 0 Å². The molecule has 186 valence electrons. The Balaban J connectivity index is 0.000000225. The lowest BCUT2D eigenvalue weighted by Gasteiger charge is -2.02. The maximum Gasteiger partial charge on any atom is 0.155 e. The Kier molecular flexibility index (Phi) is 10.0. The summed E-state index contributed by atoms with van der Waals surface area (Å²) in [6.07, 6.45) is 1.85. The van der Waals surface area contributed by atoms with Gasteiger partial charge in [-0.2, -0.15) is 10.2 Å². The highest BCUT2D eigenvalue weighted by molar-refractivity contribution is 5.90. The van der Waals surface area contributed by atoms with Crippen molar-refractivity contribution in [3.05, 3.63) is 71.5 Å². The zero-order valence-electron chi connectivity index (χ0n) is 22.9. The average Bonchev–Trinajstić information content (AvgIpc) is 3.36. The second-order valence-electron chi connectivity index (χ2n) is 7.90. The molecule has 0 saturated heterocycles. The normalized spacial score (nSPS) is 10.0. The van der Waals surface area contributed by atoms with Gasteiger partial charge in [-0.25, -0.2) is 0 Å². The zero-order valence-corrected chi connectivity index (χ0v) is 22.9. The fourth-order valence-electron chi connectivity index (χ4n) is 3.86. The number of aromatic nitrogens is 5. The number of hydrogen-bond acceptors (Lipinski definition) is 4. The van der Waals surface area contributed by atoms with Crippen molar-refractivity contribution in [3.63, 3.8) is 0 Å². The van der Waals surface area contributed by atoms with E-state index in [0.717, 1.165) is 33.8 Å². The molecular weight excluding hydrogens is 432 g/mol. The number of fused-ring (bicyclic) bond motifs is 2. The highest BCUT2D eigenvalue weighted by Crippen LogP contribution is 2.25. The molecule has 5 aromatic rings. The number of nitrogens with one attached hydrogen (secondary N) is 1. The van der Waals surface area contributed by atoms with Gasteiger partial charge in [0.2, 0.25) is 0 Å². The molecule has 5 rings (SSSR count). The van der Waals surface area contributed by atoms with Crippen LogP contribution in [0.1, 0.15) is 44.5 Å². The molecule has 0 spiro atoms. The molecular formula is C29H40N6. The molecule has 6 nitrogen and oxygen atoms in total. The Bertz CT molecular complexity index is 1380. The summed E-state index contributed by atoms with van der Waals surface area (Å²) in [4.78, 5) is 4.43. The molecule has 0 aliphatic rings. The maximum absolute atomic E-state index is 4.44. The van der Waals surface area contributed by atoms with Crippen molar-refractivity contribution in [3.8, 4) is 11.3 Å². The Morgan fingerprint density at radius 1 is 0.686 bits per heavy atom. The third-order valence-electron chi connectivity index (χ3n) is 5.49. The van der Waals surface area contributed by atoms with Gasteiger partial charge in [0.1, 0.15) is 0 Å². The van der Waals surface area contributed by atoms with Crippen molar-refractivity contribution in [2.24, 2.45) is 14.1 Å². The van der Waals surface area contributed by atoms with Crippen molar-refractivity contribution in [1.29, 1.82) is 0 Å². The van der Waals surface area contributed by atoms with E-state index in [9.17, 15) is 0 Å². The third-order valence-corrected chi connectivity index (χ3v) is 5.49. The van der Waals surface area contributed by atoms with Crippen LogP contribution in [0.2, 0.25) is 0 Å². The van der Waals surface area contributed by atoms with Gasteiger partial charge in [-0.1, -0.05) is 45.4 Å². The molecule has 0 bridgehead atoms. The van der Waals surface area contributed by atoms with E-state index in [-0.39, 0.29) is 0 Å². The Morgan fingerprint density at radius 3 is 1.94 bits per heavy atom. The lowest BCUT2D eigenvalue weighted by Crippen LogP contribution is -1.92. The van der Waals surface area contributed by atoms with Crippen LogP contribution in [-0.4, -0.2) is 31.6 Å². The molecule has 6 heteroatoms. The monoisotopic (exact) mass is 472 g/mol. The summed E-state index contributed by atoms with van der Waals surface area (Å²) in [7, 11) is 5.82. The minimum Gasteiger partial charge on any atom is -0.371 e. The molecule has 0 saturated carbocycles. The topological polar surface area (TPSA) is 60.6 Å². The van der Waals surface area contributed by atoms with Crippen LogP contribution < -0.4 is 5.32 Å². The third kappa shape index (κ3) is 6.27. The molecule has 3 heterocycles. The Hall–Kier alpha value is -3.67. The lowest BCUT2D eigenvalue weighted by molar-refractivity contribution is 0.783. The predicted octanol–water partition coefficient (Wildman–Crippen LogP) is 7.23. The molecule has 0 aliphatic heterocycles. The number of anilines is 1. The first-order valence-electron chi connectivity index (χ1n) is 12.3. The number of rotatable bonds is 2. The largest absolute Gasteiger partial charge is 0.371 e. The first-order chi connectivity index (χ1) is 16.9. The second kappa shape index (κ2) is 12.7. The summed E-state index contributed by atoms with van der Waals surface area (Å²) in [6, 6.07) is 16.8. The maximum atomic E-state index is 4.44. The van der Waals surface area contributed by atoms with Gasteiger partial charge in [-0.15, -0.1) is 0 Å². The molecule has 2 aromatic carbocycles. The van der Waals surface area contributed by atoms with Gasteiger partial charge in [0, 0.05) is 43.7 Å². The van der Waals surface area contributed by atoms with Crippen molar-refractivity contribution >= 4 is 27.6 Å². The van der Waals surface area contributed by atoms with Crippen LogP contribution in [0.15, 0.2) is 54.7 Å². The van der Waals surface area contributed by atoms with Crippen molar-refractivity contribution in [2.45, 2.75) is 48.5 Å². The van der Waals surface area contributed by atoms with Crippen molar-refractivity contribution in [2.75, 3.05) is 12.4 Å². The van der Waals surface area contributed by atoms with Crippen molar-refractivity contribution < 1.29 is 0 Å². The van der Waals surface area contributed by atoms with Crippen LogP contribution in [0.4, 0.5) is 5.82 Å². The van der Waals surface area contributed by atoms with Crippen LogP contribution in [0, 0.1) is 20.8 Å². The van der Waals surface area contributed by atoms with E-state index in [0.29, 0.717) is 0 Å². The molecule has 0 fully saturated rings. The molecule has 0 unspecified atom stereocenters. The van der Waals surface area contributed by atoms with E-state index in [4.69, 9.17) is 0 Å². The fraction of sp³-hybridized carbons (Fsp3) is 0.345. The Morgan fingerprint density at radius 2 is 1.29 bits per heavy atom. The summed E-state index contributed by atoms with van der Waals surface area (Å²) in [6.45, 7) is 14.2. The van der Waals surface area contributed by atoms with Crippen molar-refractivity contribution in [1.82, 2.24) is 24.5 Å². The average molecular weight is 473 g/mol. The van der Waals surface area contributed by atoms with E-state index in [2.05, 4.69) is 76.8 Å². The zero-order chi connectivity index (χ0) is 26.1. The van der Waals surface area contributed by atoms with Gasteiger partial charge in [0.15, 0.2) is 5.82 Å². The molecule has 0 atom stereocenters. The van der Waals surface area contributed by atoms with Crippen LogP contribution >= 0.6 is 0 Å². The molecule has 35 heavy (non-hydrogen) atoms. The summed E-state index contributed by atoms with van der Waals surface area (Å²) in [5.74, 6) is 0.946. The van der Waals surface area contributed by atoms with E-state index in [1.54, 1.807) is 0 Å². The minimum absolute atomic E-state index is 0.946. The standard InChI is InChI=1S/C15H15N3.C10H13N3.2C2H6/c1-10-6-7-16-14(8-10)12-4-5-15-13(9-12)11(2)17-18(15)3;1-7-4-5-9-8(6-7)10(11-2)12-13(9)3;2*1-2/h4-9H,1-3H3;4-6H,1-3H3,(H,11,12);2*1-2H3. The molecule has 0 radical (unpaired) electrons. The lowest BCUT2D eigenvalue weighted by atomic mass is 10.1. The van der Waals surface area contributed by atoms with Crippen LogP contribution in [0.25, 0.3) is 33.1 Å². The van der Waals surface area contributed by atoms with E-state index < -0.39 is 0 Å². The van der Waals surface area contributed by atoms with E-state index >= 15 is 0 Å². The quantitative estimate of drug-likeness (QED) is 0.294. The molecule has 3 aromatic heterocycles. The Labute approximate surface area is 210 Å². The van der Waals surface area contributed by atoms with Gasteiger partial charge < -0.3 is 5.32 Å². The predicted molar refractivity (Wildman–Crippen MR) is 151 cm³/mol.